The largest absolute Gasteiger partial charge is 0.352 e. The lowest BCUT2D eigenvalue weighted by Crippen LogP contribution is -2.51. The normalized spacial score (nSPS) is 15.1. The molecular formula is C27H35ClN2O2S. The van der Waals surface area contributed by atoms with E-state index in [2.05, 4.69) is 17.4 Å². The van der Waals surface area contributed by atoms with E-state index in [4.69, 9.17) is 11.6 Å². The Morgan fingerprint density at radius 3 is 2.39 bits per heavy atom. The summed E-state index contributed by atoms with van der Waals surface area (Å²) in [5.74, 6) is 1.61. The maximum absolute atomic E-state index is 13.3. The van der Waals surface area contributed by atoms with Gasteiger partial charge in [0.25, 0.3) is 0 Å². The van der Waals surface area contributed by atoms with Crippen molar-refractivity contribution in [1.29, 1.82) is 0 Å². The zero-order chi connectivity index (χ0) is 23.5. The van der Waals surface area contributed by atoms with E-state index < -0.39 is 6.04 Å². The lowest BCUT2D eigenvalue weighted by molar-refractivity contribution is -0.141. The summed E-state index contributed by atoms with van der Waals surface area (Å²) in [6.07, 6.45) is 6.63. The number of hydrogen-bond acceptors (Lipinski definition) is 3. The Labute approximate surface area is 207 Å². The van der Waals surface area contributed by atoms with Crippen LogP contribution in [0, 0.1) is 0 Å². The molecule has 1 aliphatic rings. The smallest absolute Gasteiger partial charge is 0.243 e. The van der Waals surface area contributed by atoms with Crippen molar-refractivity contribution in [2.24, 2.45) is 0 Å². The maximum Gasteiger partial charge on any atom is 0.243 e. The van der Waals surface area contributed by atoms with E-state index in [0.717, 1.165) is 42.8 Å². The van der Waals surface area contributed by atoms with E-state index in [0.29, 0.717) is 24.4 Å². The first-order valence-electron chi connectivity index (χ1n) is 12.0. The molecular weight excluding hydrogens is 452 g/mol. The first-order chi connectivity index (χ1) is 16.1. The first-order valence-corrected chi connectivity index (χ1v) is 13.6. The third-order valence-corrected chi connectivity index (χ3v) is 7.46. The van der Waals surface area contributed by atoms with Crippen molar-refractivity contribution in [2.75, 3.05) is 5.75 Å². The Bertz CT molecular complexity index is 869. The van der Waals surface area contributed by atoms with E-state index in [-0.39, 0.29) is 17.9 Å². The summed E-state index contributed by atoms with van der Waals surface area (Å²) in [5.41, 5.74) is 2.24. The van der Waals surface area contributed by atoms with Crippen molar-refractivity contribution in [1.82, 2.24) is 10.2 Å². The van der Waals surface area contributed by atoms with Crippen molar-refractivity contribution < 1.29 is 9.59 Å². The van der Waals surface area contributed by atoms with E-state index in [1.165, 1.54) is 12.0 Å². The minimum Gasteiger partial charge on any atom is -0.352 e. The van der Waals surface area contributed by atoms with Crippen molar-refractivity contribution in [3.8, 4) is 0 Å². The van der Waals surface area contributed by atoms with Gasteiger partial charge < -0.3 is 10.2 Å². The summed E-state index contributed by atoms with van der Waals surface area (Å²) < 4.78 is 0. The number of rotatable bonds is 11. The van der Waals surface area contributed by atoms with Gasteiger partial charge in [-0.25, -0.2) is 0 Å². The maximum atomic E-state index is 13.3. The predicted octanol–water partition coefficient (Wildman–Crippen LogP) is 6.22. The van der Waals surface area contributed by atoms with Gasteiger partial charge in [0.05, 0.1) is 0 Å². The van der Waals surface area contributed by atoms with E-state index in [9.17, 15) is 9.59 Å². The van der Waals surface area contributed by atoms with Crippen LogP contribution in [0.5, 0.6) is 0 Å². The number of benzene rings is 2. The zero-order valence-corrected chi connectivity index (χ0v) is 21.0. The molecule has 178 valence electrons. The number of nitrogens with one attached hydrogen (secondary N) is 1. The number of carbonyl (C=O) groups excluding carboxylic acids is 2. The van der Waals surface area contributed by atoms with Gasteiger partial charge in [0, 0.05) is 35.5 Å². The van der Waals surface area contributed by atoms with Gasteiger partial charge in [0.15, 0.2) is 0 Å². The molecule has 0 spiro atoms. The standard InChI is InChI=1S/C27H35ClN2O2S/c1-2-25(27(32)29-24-11-7-4-8-12-24)30(19-21-13-15-23(28)16-14-21)26(31)17-18-33-20-22-9-5-3-6-10-22/h3,5-6,9-10,13-16,24-25H,2,4,7-8,11-12,17-20H2,1H3,(H,29,32)/t25-/m1/s1. The summed E-state index contributed by atoms with van der Waals surface area (Å²) in [7, 11) is 0. The van der Waals surface area contributed by atoms with Gasteiger partial charge in [-0.1, -0.05) is 80.3 Å². The van der Waals surface area contributed by atoms with Crippen LogP contribution in [-0.2, 0) is 21.9 Å². The second kappa shape index (κ2) is 13.7. The van der Waals surface area contributed by atoms with E-state index in [1.807, 2.05) is 49.4 Å². The molecule has 2 amide bonds. The molecule has 2 aromatic carbocycles. The van der Waals surface area contributed by atoms with Crippen LogP contribution in [0.25, 0.3) is 0 Å². The predicted molar refractivity (Wildman–Crippen MR) is 138 cm³/mol. The number of thioether (sulfide) groups is 1. The van der Waals surface area contributed by atoms with Crippen molar-refractivity contribution >= 4 is 35.2 Å². The van der Waals surface area contributed by atoms with Crippen molar-refractivity contribution in [3.63, 3.8) is 0 Å². The lowest BCUT2D eigenvalue weighted by Gasteiger charge is -2.33. The SMILES string of the molecule is CC[C@H](C(=O)NC1CCCCC1)N(Cc1ccc(Cl)cc1)C(=O)CCSCc1ccccc1. The van der Waals surface area contributed by atoms with Crippen molar-refractivity contribution in [3.05, 3.63) is 70.7 Å². The monoisotopic (exact) mass is 486 g/mol. The minimum atomic E-state index is -0.464. The Hall–Kier alpha value is -1.98. The highest BCUT2D eigenvalue weighted by Crippen LogP contribution is 2.21. The van der Waals surface area contributed by atoms with Gasteiger partial charge in [0.2, 0.25) is 11.8 Å². The van der Waals surface area contributed by atoms with Crippen LogP contribution in [-0.4, -0.2) is 34.6 Å². The molecule has 0 radical (unpaired) electrons. The molecule has 1 saturated carbocycles. The van der Waals surface area contributed by atoms with Gasteiger partial charge in [0.1, 0.15) is 6.04 Å². The molecule has 6 heteroatoms. The molecule has 0 saturated heterocycles. The molecule has 0 unspecified atom stereocenters. The highest BCUT2D eigenvalue weighted by Gasteiger charge is 2.30. The summed E-state index contributed by atoms with van der Waals surface area (Å²) in [4.78, 5) is 28.3. The van der Waals surface area contributed by atoms with E-state index in [1.54, 1.807) is 16.7 Å². The quantitative estimate of drug-likeness (QED) is 0.383. The molecule has 0 heterocycles. The summed E-state index contributed by atoms with van der Waals surface area (Å²) in [6.45, 7) is 2.40. The summed E-state index contributed by atoms with van der Waals surface area (Å²) in [6, 6.07) is 17.6. The fraction of sp³-hybridized carbons (Fsp3) is 0.481. The molecule has 33 heavy (non-hydrogen) atoms. The Balaban J connectivity index is 1.64. The topological polar surface area (TPSA) is 49.4 Å². The van der Waals surface area contributed by atoms with Crippen LogP contribution in [0.4, 0.5) is 0 Å². The molecule has 1 N–H and O–H groups in total. The van der Waals surface area contributed by atoms with Gasteiger partial charge in [-0.05, 0) is 42.5 Å². The zero-order valence-electron chi connectivity index (χ0n) is 19.5. The van der Waals surface area contributed by atoms with Gasteiger partial charge in [-0.2, -0.15) is 11.8 Å². The average Bonchev–Trinajstić information content (AvgIpc) is 2.84. The summed E-state index contributed by atoms with van der Waals surface area (Å²) in [5, 5.41) is 3.89. The molecule has 3 rings (SSSR count). The van der Waals surface area contributed by atoms with Crippen LogP contribution < -0.4 is 5.32 Å². The molecule has 0 aromatic heterocycles. The fourth-order valence-electron chi connectivity index (χ4n) is 4.32. The lowest BCUT2D eigenvalue weighted by atomic mass is 9.95. The fourth-order valence-corrected chi connectivity index (χ4v) is 5.34. The summed E-state index contributed by atoms with van der Waals surface area (Å²) >= 11 is 7.80. The van der Waals surface area contributed by atoms with Crippen LogP contribution >= 0.6 is 23.4 Å². The minimum absolute atomic E-state index is 0.0242. The van der Waals surface area contributed by atoms with Crippen LogP contribution in [0.15, 0.2) is 54.6 Å². The highest BCUT2D eigenvalue weighted by atomic mass is 35.5. The van der Waals surface area contributed by atoms with Crippen LogP contribution in [0.1, 0.15) is 63.0 Å². The molecule has 0 bridgehead atoms. The van der Waals surface area contributed by atoms with Gasteiger partial charge >= 0.3 is 0 Å². The second-order valence-electron chi connectivity index (χ2n) is 8.70. The van der Waals surface area contributed by atoms with Gasteiger partial charge in [-0.15, -0.1) is 0 Å². The van der Waals surface area contributed by atoms with E-state index >= 15 is 0 Å². The number of hydrogen-bond donors (Lipinski definition) is 1. The number of amides is 2. The average molecular weight is 487 g/mol. The number of nitrogens with zero attached hydrogens (tertiary/aromatic N) is 1. The molecule has 0 aliphatic heterocycles. The Morgan fingerprint density at radius 2 is 1.73 bits per heavy atom. The third-order valence-electron chi connectivity index (χ3n) is 6.18. The number of halogens is 1. The first kappa shape index (κ1) is 25.6. The third kappa shape index (κ3) is 8.38. The highest BCUT2D eigenvalue weighted by molar-refractivity contribution is 7.98. The Kier molecular flexibility index (Phi) is 10.6. The van der Waals surface area contributed by atoms with Crippen molar-refractivity contribution in [2.45, 2.75) is 76.3 Å². The van der Waals surface area contributed by atoms with Crippen LogP contribution in [0.2, 0.25) is 5.02 Å². The molecule has 4 nitrogen and oxygen atoms in total. The van der Waals surface area contributed by atoms with Crippen LogP contribution in [0.3, 0.4) is 0 Å². The van der Waals surface area contributed by atoms with Gasteiger partial charge in [-0.3, -0.25) is 9.59 Å². The molecule has 1 atom stereocenters. The molecule has 1 aliphatic carbocycles. The molecule has 2 aromatic rings. The second-order valence-corrected chi connectivity index (χ2v) is 10.2. The number of carbonyl (C=O) groups is 2. The Morgan fingerprint density at radius 1 is 1.03 bits per heavy atom. The molecule has 1 fully saturated rings.